The second-order valence-electron chi connectivity index (χ2n) is 15.2. The number of rotatable bonds is 9. The Morgan fingerprint density at radius 1 is 1.02 bits per heavy atom. The van der Waals surface area contributed by atoms with E-state index in [1.807, 2.05) is 27.5 Å². The van der Waals surface area contributed by atoms with Gasteiger partial charge in [-0.2, -0.15) is 18.3 Å². The highest BCUT2D eigenvalue weighted by Crippen LogP contribution is 2.37. The highest BCUT2D eigenvalue weighted by molar-refractivity contribution is 6.06. The number of imidazole rings is 1. The molecule has 8 rings (SSSR count). The zero-order valence-corrected chi connectivity index (χ0v) is 31.6. The van der Waals surface area contributed by atoms with Crippen molar-refractivity contribution >= 4 is 51.6 Å². The van der Waals surface area contributed by atoms with Gasteiger partial charge in [-0.1, -0.05) is 0 Å². The summed E-state index contributed by atoms with van der Waals surface area (Å²) in [5, 5.41) is 10.5. The minimum atomic E-state index is -4.80. The van der Waals surface area contributed by atoms with Crippen molar-refractivity contribution in [3.05, 3.63) is 78.0 Å². The number of carbonyl (C=O) groups is 3. The van der Waals surface area contributed by atoms with Crippen molar-refractivity contribution in [2.45, 2.75) is 63.2 Å². The van der Waals surface area contributed by atoms with Crippen LogP contribution in [0, 0.1) is 11.7 Å². The maximum atomic E-state index is 14.0. The molecule has 2 saturated heterocycles. The molecule has 0 bridgehead atoms. The smallest absolute Gasteiger partial charge is 0.416 e. The van der Waals surface area contributed by atoms with Crippen molar-refractivity contribution < 1.29 is 36.7 Å². The number of aromatic nitrogens is 4. The first kappa shape index (κ1) is 38.2. The van der Waals surface area contributed by atoms with E-state index in [1.54, 1.807) is 18.3 Å². The molecule has 5 aromatic rings. The molecular formula is C40H43F4N9O4. The molecule has 3 fully saturated rings. The Morgan fingerprint density at radius 2 is 1.79 bits per heavy atom. The van der Waals surface area contributed by atoms with E-state index >= 15 is 0 Å². The number of anilines is 3. The lowest BCUT2D eigenvalue weighted by molar-refractivity contribution is -0.137. The Bertz CT molecular complexity index is 2330. The number of carbonyl (C=O) groups excluding carboxylic acids is 3. The molecule has 4 amide bonds. The molecule has 0 unspecified atom stereocenters. The van der Waals surface area contributed by atoms with Crippen molar-refractivity contribution in [2.75, 3.05) is 55.5 Å². The zero-order valence-electron chi connectivity index (χ0n) is 31.6. The summed E-state index contributed by atoms with van der Waals surface area (Å²) in [4.78, 5) is 47.9. The second kappa shape index (κ2) is 15.3. The van der Waals surface area contributed by atoms with Crippen LogP contribution in [-0.4, -0.2) is 88.3 Å². The van der Waals surface area contributed by atoms with E-state index in [-0.39, 0.29) is 29.8 Å². The number of nitrogens with one attached hydrogen (secondary N) is 2. The molecule has 2 aliphatic heterocycles. The molecule has 5 heterocycles. The van der Waals surface area contributed by atoms with Crippen LogP contribution in [0.1, 0.15) is 66.9 Å². The number of fused-ring (bicyclic) bond motifs is 2. The molecule has 0 radical (unpaired) electrons. The quantitative estimate of drug-likeness (QED) is 0.155. The highest BCUT2D eigenvalue weighted by Gasteiger charge is 2.33. The van der Waals surface area contributed by atoms with E-state index in [0.717, 1.165) is 80.9 Å². The van der Waals surface area contributed by atoms with Gasteiger partial charge < -0.3 is 19.9 Å². The number of hydrogen-bond acceptors (Lipinski definition) is 8. The Labute approximate surface area is 325 Å². The van der Waals surface area contributed by atoms with Crippen LogP contribution in [-0.2, 0) is 11.0 Å². The van der Waals surface area contributed by atoms with E-state index in [4.69, 9.17) is 9.84 Å². The molecule has 3 aliphatic rings. The number of imide groups is 1. The normalized spacial score (nSPS) is 19.8. The lowest BCUT2D eigenvalue weighted by Crippen LogP contribution is -2.50. The molecule has 17 heteroatoms. The topological polar surface area (TPSA) is 129 Å². The molecule has 57 heavy (non-hydrogen) atoms. The predicted molar refractivity (Wildman–Crippen MR) is 205 cm³/mol. The second-order valence-corrected chi connectivity index (χ2v) is 15.2. The molecule has 0 atom stereocenters. The number of amides is 4. The molecule has 3 aromatic heterocycles. The van der Waals surface area contributed by atoms with Gasteiger partial charge in [-0.25, -0.2) is 14.2 Å². The minimum absolute atomic E-state index is 0.198. The summed E-state index contributed by atoms with van der Waals surface area (Å²) in [5.41, 5.74) is 1.03. The molecule has 300 valence electrons. The molecular weight excluding hydrogens is 746 g/mol. The Hall–Kier alpha value is -5.71. The first-order valence-corrected chi connectivity index (χ1v) is 19.1. The van der Waals surface area contributed by atoms with Gasteiger partial charge in [-0.05, 0) is 81.8 Å². The average molecular weight is 790 g/mol. The largest absolute Gasteiger partial charge is 0.494 e. The van der Waals surface area contributed by atoms with E-state index in [0.29, 0.717) is 42.0 Å². The third kappa shape index (κ3) is 7.97. The van der Waals surface area contributed by atoms with Gasteiger partial charge in [0, 0.05) is 79.8 Å². The van der Waals surface area contributed by atoms with Crippen molar-refractivity contribution in [3.63, 3.8) is 0 Å². The lowest BCUT2D eigenvalue weighted by atomic mass is 9.85. The molecule has 2 aromatic carbocycles. The summed E-state index contributed by atoms with van der Waals surface area (Å²) >= 11 is 0. The van der Waals surface area contributed by atoms with Crippen LogP contribution >= 0.6 is 0 Å². The van der Waals surface area contributed by atoms with E-state index < -0.39 is 35.1 Å². The predicted octanol–water partition coefficient (Wildman–Crippen LogP) is 6.88. The Balaban J connectivity index is 0.838. The van der Waals surface area contributed by atoms with Gasteiger partial charge in [-0.3, -0.25) is 28.9 Å². The number of nitrogens with zero attached hydrogens (tertiary/aromatic N) is 7. The van der Waals surface area contributed by atoms with Gasteiger partial charge in [0.05, 0.1) is 36.1 Å². The van der Waals surface area contributed by atoms with Crippen molar-refractivity contribution in [1.82, 2.24) is 29.4 Å². The number of benzene rings is 2. The van der Waals surface area contributed by atoms with Gasteiger partial charge in [0.25, 0.3) is 5.91 Å². The molecule has 1 aliphatic carbocycles. The van der Waals surface area contributed by atoms with Crippen molar-refractivity contribution in [1.29, 1.82) is 0 Å². The van der Waals surface area contributed by atoms with Crippen LogP contribution in [0.2, 0.25) is 0 Å². The summed E-state index contributed by atoms with van der Waals surface area (Å²) in [5.74, 6) is -0.849. The highest BCUT2D eigenvalue weighted by atomic mass is 19.4. The Kier molecular flexibility index (Phi) is 10.3. The van der Waals surface area contributed by atoms with Crippen LogP contribution < -0.4 is 25.2 Å². The number of halogens is 4. The maximum absolute atomic E-state index is 14.0. The summed E-state index contributed by atoms with van der Waals surface area (Å²) in [6.45, 7) is 3.19. The van der Waals surface area contributed by atoms with E-state index in [1.165, 1.54) is 12.0 Å². The van der Waals surface area contributed by atoms with E-state index in [9.17, 15) is 31.9 Å². The summed E-state index contributed by atoms with van der Waals surface area (Å²) in [6, 6.07) is 9.41. The number of piperidine rings is 1. The summed E-state index contributed by atoms with van der Waals surface area (Å²) in [7, 11) is 3.64. The Morgan fingerprint density at radius 3 is 2.51 bits per heavy atom. The van der Waals surface area contributed by atoms with Gasteiger partial charge >= 0.3 is 12.2 Å². The van der Waals surface area contributed by atoms with Gasteiger partial charge in [0.1, 0.15) is 23.0 Å². The lowest BCUT2D eigenvalue weighted by Gasteiger charge is -2.40. The first-order valence-electron chi connectivity index (χ1n) is 19.1. The van der Waals surface area contributed by atoms with Crippen LogP contribution in [0.3, 0.4) is 0 Å². The fraction of sp³-hybridized carbons (Fsp3) is 0.425. The number of hydrogen-bond donors (Lipinski definition) is 2. The average Bonchev–Trinajstić information content (AvgIpc) is 3.81. The third-order valence-corrected chi connectivity index (χ3v) is 11.6. The number of alkyl halides is 3. The third-order valence-electron chi connectivity index (χ3n) is 11.6. The van der Waals surface area contributed by atoms with Crippen LogP contribution in [0.4, 0.5) is 39.5 Å². The standard InChI is InChI=1S/C40H43F4N9O4/c1-49(29-7-11-50(12-8-29)31-9-13-51-35(19-31)45-21-37(51)52-14-10-36(54)47-39(52)56)22-24-3-5-30(6-4-24)53-23-26-17-33(34(57-2)20-32(26)48-53)46-38(55)25-15-27(40(42,43)44)18-28(41)16-25/h9,13,15-21,23-24,29-30H,3-8,10-12,14,22H2,1-2H3,(H,46,55)(H,47,54,56)/t24-,30-. The van der Waals surface area contributed by atoms with Gasteiger partial charge in [0.15, 0.2) is 0 Å². The summed E-state index contributed by atoms with van der Waals surface area (Å²) in [6.07, 6.45) is 7.10. The maximum Gasteiger partial charge on any atom is 0.416 e. The van der Waals surface area contributed by atoms with Crippen LogP contribution in [0.15, 0.2) is 61.1 Å². The molecule has 0 spiro atoms. The van der Waals surface area contributed by atoms with Gasteiger partial charge in [0.2, 0.25) is 5.91 Å². The minimum Gasteiger partial charge on any atom is -0.494 e. The van der Waals surface area contributed by atoms with E-state index in [2.05, 4.69) is 38.5 Å². The van der Waals surface area contributed by atoms with Crippen molar-refractivity contribution in [3.8, 4) is 5.75 Å². The van der Waals surface area contributed by atoms with Crippen LogP contribution in [0.25, 0.3) is 16.6 Å². The first-order chi connectivity index (χ1) is 27.3. The number of methoxy groups -OCH3 is 1. The number of urea groups is 1. The molecule has 1 saturated carbocycles. The SMILES string of the molecule is COc1cc2nn([C@H]3CC[C@H](CN(C)C4CCN(c5ccn6c(N7CCC(=O)NC7=O)cnc6c5)CC4)CC3)cc2cc1NC(=O)c1cc(F)cc(C(F)(F)F)c1. The fourth-order valence-electron chi connectivity index (χ4n) is 8.45. The molecule has 13 nitrogen and oxygen atoms in total. The zero-order chi connectivity index (χ0) is 40.0. The van der Waals surface area contributed by atoms with Crippen molar-refractivity contribution in [2.24, 2.45) is 5.92 Å². The fourth-order valence-corrected chi connectivity index (χ4v) is 8.45. The number of ether oxygens (including phenoxy) is 1. The summed E-state index contributed by atoms with van der Waals surface area (Å²) < 4.78 is 63.0. The van der Waals surface area contributed by atoms with Crippen LogP contribution in [0.5, 0.6) is 5.75 Å². The monoisotopic (exact) mass is 789 g/mol. The van der Waals surface area contributed by atoms with Gasteiger partial charge in [-0.15, -0.1) is 0 Å². The molecule has 2 N–H and O–H groups in total. The number of pyridine rings is 1.